The van der Waals surface area contributed by atoms with Gasteiger partial charge in [0.25, 0.3) is 11.5 Å². The third-order valence-electron chi connectivity index (χ3n) is 4.51. The molecule has 2 heterocycles. The maximum atomic E-state index is 13.0. The van der Waals surface area contributed by atoms with Crippen molar-refractivity contribution in [2.45, 2.75) is 39.7 Å². The van der Waals surface area contributed by atoms with Crippen LogP contribution in [-0.4, -0.2) is 20.6 Å². The smallest absolute Gasteiger partial charge is 0.267 e. The van der Waals surface area contributed by atoms with Gasteiger partial charge in [0, 0.05) is 18.1 Å². The molecule has 0 saturated carbocycles. The van der Waals surface area contributed by atoms with E-state index in [2.05, 4.69) is 17.2 Å². The van der Waals surface area contributed by atoms with Crippen molar-refractivity contribution in [3.8, 4) is 5.75 Å². The van der Waals surface area contributed by atoms with Gasteiger partial charge in [-0.15, -0.1) is 0 Å². The van der Waals surface area contributed by atoms with E-state index >= 15 is 0 Å². The Morgan fingerprint density at radius 1 is 1.19 bits per heavy atom. The zero-order valence-corrected chi connectivity index (χ0v) is 15.5. The van der Waals surface area contributed by atoms with Crippen LogP contribution < -0.4 is 10.9 Å². The monoisotopic (exact) mass is 365 g/mol. The van der Waals surface area contributed by atoms with Crippen molar-refractivity contribution < 1.29 is 9.90 Å². The van der Waals surface area contributed by atoms with Gasteiger partial charge in [-0.05, 0) is 37.1 Å². The topological polar surface area (TPSA) is 84.2 Å². The minimum atomic E-state index is -0.663. The second-order valence-corrected chi connectivity index (χ2v) is 6.58. The van der Waals surface area contributed by atoms with Gasteiger partial charge in [-0.3, -0.25) is 9.59 Å². The van der Waals surface area contributed by atoms with E-state index in [-0.39, 0.29) is 11.3 Å². The van der Waals surface area contributed by atoms with Crippen LogP contribution in [0.5, 0.6) is 5.75 Å². The summed E-state index contributed by atoms with van der Waals surface area (Å²) in [7, 11) is 0. The first-order valence-corrected chi connectivity index (χ1v) is 9.11. The highest BCUT2D eigenvalue weighted by molar-refractivity contribution is 6.08. The molecule has 0 fully saturated rings. The van der Waals surface area contributed by atoms with Gasteiger partial charge in [0.1, 0.15) is 17.1 Å². The first-order chi connectivity index (χ1) is 13.0. The van der Waals surface area contributed by atoms with Gasteiger partial charge in [-0.1, -0.05) is 38.0 Å². The fraction of sp³-hybridized carbons (Fsp3) is 0.286. The van der Waals surface area contributed by atoms with Crippen LogP contribution in [0.25, 0.3) is 10.9 Å². The highest BCUT2D eigenvalue weighted by Crippen LogP contribution is 2.27. The number of aryl methyl sites for hydroxylation is 2. The first-order valence-electron chi connectivity index (χ1n) is 9.11. The third kappa shape index (κ3) is 3.84. The Morgan fingerprint density at radius 3 is 2.67 bits per heavy atom. The van der Waals surface area contributed by atoms with Crippen LogP contribution in [0.4, 0.5) is 5.82 Å². The molecule has 1 aromatic carbocycles. The predicted octanol–water partition coefficient (Wildman–Crippen LogP) is 3.85. The second-order valence-electron chi connectivity index (χ2n) is 6.58. The fourth-order valence-corrected chi connectivity index (χ4v) is 3.06. The van der Waals surface area contributed by atoms with Crippen molar-refractivity contribution in [2.24, 2.45) is 0 Å². The van der Waals surface area contributed by atoms with Gasteiger partial charge in [0.05, 0.1) is 5.52 Å². The number of hydrogen-bond acceptors (Lipinski definition) is 4. The lowest BCUT2D eigenvalue weighted by molar-refractivity contribution is 0.102. The molecule has 27 heavy (non-hydrogen) atoms. The van der Waals surface area contributed by atoms with Crippen molar-refractivity contribution in [1.29, 1.82) is 0 Å². The summed E-state index contributed by atoms with van der Waals surface area (Å²) >= 11 is 0. The van der Waals surface area contributed by atoms with Gasteiger partial charge in [-0.25, -0.2) is 4.98 Å². The van der Waals surface area contributed by atoms with Crippen LogP contribution >= 0.6 is 0 Å². The molecule has 0 aliphatic rings. The molecule has 6 nitrogen and oxygen atoms in total. The molecule has 0 bridgehead atoms. The number of carbonyl (C=O) groups is 1. The molecule has 0 aliphatic carbocycles. The molecule has 3 aromatic rings. The number of anilines is 1. The molecule has 3 rings (SSSR count). The number of aromatic hydroxyl groups is 1. The standard InChI is InChI=1S/C21H23N3O3/c1-3-4-7-12-24-16-9-6-5-8-15(16)19(25)18(21(24)27)20(26)23-17-11-10-14(2)13-22-17/h5-6,8-11,13,25H,3-4,7,12H2,1-2H3,(H,22,23,26). The summed E-state index contributed by atoms with van der Waals surface area (Å²) in [5.41, 5.74) is 0.834. The van der Waals surface area contributed by atoms with Gasteiger partial charge < -0.3 is 15.0 Å². The van der Waals surface area contributed by atoms with Gasteiger partial charge in [0.2, 0.25) is 0 Å². The quantitative estimate of drug-likeness (QED) is 0.650. The highest BCUT2D eigenvalue weighted by atomic mass is 16.3. The minimum absolute atomic E-state index is 0.257. The Bertz CT molecular complexity index is 1020. The zero-order chi connectivity index (χ0) is 19.4. The lowest BCUT2D eigenvalue weighted by Crippen LogP contribution is -2.30. The molecule has 1 amide bonds. The lowest BCUT2D eigenvalue weighted by atomic mass is 10.1. The summed E-state index contributed by atoms with van der Waals surface area (Å²) in [6.07, 6.45) is 4.46. The molecule has 0 radical (unpaired) electrons. The maximum Gasteiger partial charge on any atom is 0.267 e. The number of carbonyl (C=O) groups excluding carboxylic acids is 1. The molecule has 0 aliphatic heterocycles. The van der Waals surface area contributed by atoms with Crippen LogP contribution in [0.1, 0.15) is 42.1 Å². The number of pyridine rings is 2. The molecular formula is C21H23N3O3. The number of hydrogen-bond donors (Lipinski definition) is 2. The summed E-state index contributed by atoms with van der Waals surface area (Å²) in [5, 5.41) is 13.7. The molecule has 6 heteroatoms. The SMILES string of the molecule is CCCCCn1c(=O)c(C(=O)Nc2ccc(C)cn2)c(O)c2ccccc21. The average Bonchev–Trinajstić information content (AvgIpc) is 2.66. The highest BCUT2D eigenvalue weighted by Gasteiger charge is 2.22. The van der Waals surface area contributed by atoms with Crippen LogP contribution in [0.15, 0.2) is 47.4 Å². The molecule has 2 N–H and O–H groups in total. The Balaban J connectivity index is 2.07. The predicted molar refractivity (Wildman–Crippen MR) is 106 cm³/mol. The van der Waals surface area contributed by atoms with Gasteiger partial charge in [-0.2, -0.15) is 0 Å². The van der Waals surface area contributed by atoms with E-state index in [0.717, 1.165) is 24.8 Å². The first kappa shape index (κ1) is 18.6. The molecule has 0 saturated heterocycles. The summed E-state index contributed by atoms with van der Waals surface area (Å²) in [6, 6.07) is 10.5. The van der Waals surface area contributed by atoms with Crippen LogP contribution in [0.2, 0.25) is 0 Å². The molecule has 0 atom stereocenters. The van der Waals surface area contributed by atoms with Crippen molar-refractivity contribution in [2.75, 3.05) is 5.32 Å². The number of unbranched alkanes of at least 4 members (excludes halogenated alkanes) is 2. The molecule has 140 valence electrons. The lowest BCUT2D eigenvalue weighted by Gasteiger charge is -2.15. The van der Waals surface area contributed by atoms with E-state index in [4.69, 9.17) is 0 Å². The van der Waals surface area contributed by atoms with E-state index in [9.17, 15) is 14.7 Å². The summed E-state index contributed by atoms with van der Waals surface area (Å²) in [6.45, 7) is 4.48. The summed E-state index contributed by atoms with van der Waals surface area (Å²) < 4.78 is 1.57. The molecule has 2 aromatic heterocycles. The largest absolute Gasteiger partial charge is 0.506 e. The number of rotatable bonds is 6. The number of fused-ring (bicyclic) bond motifs is 1. The minimum Gasteiger partial charge on any atom is -0.506 e. The number of nitrogens with one attached hydrogen (secondary N) is 1. The van der Waals surface area contributed by atoms with Crippen molar-refractivity contribution in [1.82, 2.24) is 9.55 Å². The summed E-state index contributed by atoms with van der Waals surface area (Å²) in [5.74, 6) is -0.633. The number of amides is 1. The van der Waals surface area contributed by atoms with Gasteiger partial charge >= 0.3 is 0 Å². The number of para-hydroxylation sites is 1. The molecule has 0 unspecified atom stereocenters. The average molecular weight is 365 g/mol. The normalized spacial score (nSPS) is 10.9. The maximum absolute atomic E-state index is 13.0. The Kier molecular flexibility index (Phi) is 5.54. The van der Waals surface area contributed by atoms with Gasteiger partial charge in [0.15, 0.2) is 0 Å². The van der Waals surface area contributed by atoms with E-state index < -0.39 is 11.5 Å². The van der Waals surface area contributed by atoms with Crippen molar-refractivity contribution >= 4 is 22.6 Å². The van der Waals surface area contributed by atoms with E-state index in [1.807, 2.05) is 19.1 Å². The number of benzene rings is 1. The Hall–Kier alpha value is -3.15. The van der Waals surface area contributed by atoms with Crippen LogP contribution in [0, 0.1) is 6.92 Å². The second kappa shape index (κ2) is 8.03. The van der Waals surface area contributed by atoms with E-state index in [0.29, 0.717) is 23.3 Å². The summed E-state index contributed by atoms with van der Waals surface area (Å²) in [4.78, 5) is 29.9. The number of aromatic nitrogens is 2. The number of nitrogens with zero attached hydrogens (tertiary/aromatic N) is 2. The zero-order valence-electron chi connectivity index (χ0n) is 15.5. The van der Waals surface area contributed by atoms with Crippen molar-refractivity contribution in [3.63, 3.8) is 0 Å². The van der Waals surface area contributed by atoms with Crippen molar-refractivity contribution in [3.05, 3.63) is 64.1 Å². The fourth-order valence-electron chi connectivity index (χ4n) is 3.06. The Morgan fingerprint density at radius 2 is 1.96 bits per heavy atom. The van der Waals surface area contributed by atoms with Crippen LogP contribution in [0.3, 0.4) is 0 Å². The molecule has 0 spiro atoms. The van der Waals surface area contributed by atoms with E-state index in [1.54, 1.807) is 35.0 Å². The van der Waals surface area contributed by atoms with E-state index in [1.165, 1.54) is 0 Å². The molecular weight excluding hydrogens is 342 g/mol. The Labute approximate surface area is 157 Å². The third-order valence-corrected chi connectivity index (χ3v) is 4.51. The van der Waals surface area contributed by atoms with Crippen LogP contribution in [-0.2, 0) is 6.54 Å².